The number of hydrogen-bond donors (Lipinski definition) is 0. The summed E-state index contributed by atoms with van der Waals surface area (Å²) in [5.74, 6) is 1.19. The molecule has 0 amide bonds. The van der Waals surface area contributed by atoms with E-state index in [1.165, 1.54) is 11.5 Å². The number of imidazole rings is 1. The van der Waals surface area contributed by atoms with E-state index in [2.05, 4.69) is 30.3 Å². The van der Waals surface area contributed by atoms with Crippen molar-refractivity contribution in [1.82, 2.24) is 9.55 Å². The molecule has 0 atom stereocenters. The molecule has 1 aromatic heterocycles. The monoisotopic (exact) mass is 168 g/mol. The fourth-order valence-electron chi connectivity index (χ4n) is 1.22. The molecule has 0 saturated carbocycles. The molecule has 0 aliphatic rings. The van der Waals surface area contributed by atoms with Gasteiger partial charge in [-0.1, -0.05) is 20.8 Å². The molecular formula is C10H20N2. The van der Waals surface area contributed by atoms with Crippen molar-refractivity contribution < 1.29 is 0 Å². The lowest BCUT2D eigenvalue weighted by molar-refractivity contribution is 0.687. The summed E-state index contributed by atoms with van der Waals surface area (Å²) in [6, 6.07) is 0. The third-order valence-electron chi connectivity index (χ3n) is 1.77. The summed E-state index contributed by atoms with van der Waals surface area (Å²) in [6.45, 7) is 11.4. The molecule has 2 heteroatoms. The normalized spacial score (nSPS) is 9.08. The fourth-order valence-corrected chi connectivity index (χ4v) is 1.22. The van der Waals surface area contributed by atoms with Crippen LogP contribution in [0.15, 0.2) is 6.20 Å². The molecule has 0 bridgehead atoms. The van der Waals surface area contributed by atoms with Crippen LogP contribution in [0.1, 0.15) is 39.2 Å². The molecule has 0 aliphatic carbocycles. The van der Waals surface area contributed by atoms with E-state index in [1.807, 2.05) is 20.0 Å². The van der Waals surface area contributed by atoms with Gasteiger partial charge in [-0.25, -0.2) is 4.98 Å². The number of hydrogen-bond acceptors (Lipinski definition) is 1. The number of aromatic nitrogens is 2. The van der Waals surface area contributed by atoms with Crippen LogP contribution >= 0.6 is 0 Å². The third-order valence-corrected chi connectivity index (χ3v) is 1.77. The van der Waals surface area contributed by atoms with Gasteiger partial charge in [-0.05, 0) is 13.8 Å². The lowest BCUT2D eigenvalue weighted by Crippen LogP contribution is -2.01. The van der Waals surface area contributed by atoms with Crippen molar-refractivity contribution in [3.05, 3.63) is 17.7 Å². The highest BCUT2D eigenvalue weighted by Gasteiger charge is 2.00. The highest BCUT2D eigenvalue weighted by Crippen LogP contribution is 2.03. The average molecular weight is 168 g/mol. The van der Waals surface area contributed by atoms with Crippen molar-refractivity contribution in [1.29, 1.82) is 0 Å². The molecule has 2 nitrogen and oxygen atoms in total. The second-order valence-corrected chi connectivity index (χ2v) is 2.41. The van der Waals surface area contributed by atoms with E-state index in [0.717, 1.165) is 13.0 Å². The molecular weight excluding hydrogens is 148 g/mol. The Morgan fingerprint density at radius 2 is 1.92 bits per heavy atom. The van der Waals surface area contributed by atoms with Gasteiger partial charge >= 0.3 is 0 Å². The van der Waals surface area contributed by atoms with Crippen molar-refractivity contribution >= 4 is 0 Å². The Bertz CT molecular complexity index is 214. The third kappa shape index (κ3) is 2.36. The summed E-state index contributed by atoms with van der Waals surface area (Å²) < 4.78 is 2.24. The lowest BCUT2D eigenvalue weighted by Gasteiger charge is -2.03. The first kappa shape index (κ1) is 11.2. The maximum Gasteiger partial charge on any atom is 0.108 e. The molecule has 0 saturated heterocycles. The maximum absolute atomic E-state index is 4.27. The minimum atomic E-state index is 1.03. The van der Waals surface area contributed by atoms with Crippen LogP contribution in [0.2, 0.25) is 0 Å². The molecule has 1 rings (SSSR count). The maximum atomic E-state index is 4.27. The van der Waals surface area contributed by atoms with Gasteiger partial charge in [0.15, 0.2) is 0 Å². The van der Waals surface area contributed by atoms with E-state index in [1.54, 1.807) is 0 Å². The summed E-state index contributed by atoms with van der Waals surface area (Å²) in [4.78, 5) is 4.27. The van der Waals surface area contributed by atoms with E-state index >= 15 is 0 Å². The fraction of sp³-hybridized carbons (Fsp3) is 0.700. The van der Waals surface area contributed by atoms with E-state index in [-0.39, 0.29) is 0 Å². The number of aryl methyl sites for hydroxylation is 2. The first-order valence-electron chi connectivity index (χ1n) is 4.80. The largest absolute Gasteiger partial charge is 0.333 e. The van der Waals surface area contributed by atoms with Crippen LogP contribution in [0.5, 0.6) is 0 Å². The van der Waals surface area contributed by atoms with E-state index in [0.29, 0.717) is 0 Å². The molecule has 1 aromatic rings. The standard InChI is InChI=1S/C8H14N2.C2H6/c1-4-8-9-6-7(3)10(8)5-2;1-2/h6H,4-5H2,1-3H3;1-2H3. The first-order valence-corrected chi connectivity index (χ1v) is 4.80. The molecule has 0 aliphatic heterocycles. The molecule has 0 radical (unpaired) electrons. The van der Waals surface area contributed by atoms with Crippen LogP contribution in [0.3, 0.4) is 0 Å². The van der Waals surface area contributed by atoms with Gasteiger partial charge in [-0.15, -0.1) is 0 Å². The van der Waals surface area contributed by atoms with Crippen LogP contribution in [-0.4, -0.2) is 9.55 Å². The highest BCUT2D eigenvalue weighted by molar-refractivity contribution is 5.02. The predicted octanol–water partition coefficient (Wildman–Crippen LogP) is 2.80. The minimum Gasteiger partial charge on any atom is -0.333 e. The molecule has 12 heavy (non-hydrogen) atoms. The number of nitrogens with zero attached hydrogens (tertiary/aromatic N) is 2. The van der Waals surface area contributed by atoms with Crippen molar-refractivity contribution in [2.75, 3.05) is 0 Å². The Morgan fingerprint density at radius 3 is 2.25 bits per heavy atom. The first-order chi connectivity index (χ1) is 5.79. The summed E-state index contributed by atoms with van der Waals surface area (Å²) in [5, 5.41) is 0. The van der Waals surface area contributed by atoms with Gasteiger partial charge in [0.05, 0.1) is 0 Å². The van der Waals surface area contributed by atoms with Crippen LogP contribution in [0, 0.1) is 6.92 Å². The van der Waals surface area contributed by atoms with E-state index in [4.69, 9.17) is 0 Å². The Balaban J connectivity index is 0.000000561. The molecule has 1 heterocycles. The van der Waals surface area contributed by atoms with Crippen molar-refractivity contribution in [3.8, 4) is 0 Å². The molecule has 0 fully saturated rings. The topological polar surface area (TPSA) is 17.8 Å². The van der Waals surface area contributed by atoms with Crippen LogP contribution in [0.4, 0.5) is 0 Å². The summed E-state index contributed by atoms with van der Waals surface area (Å²) in [5.41, 5.74) is 1.26. The zero-order valence-electron chi connectivity index (χ0n) is 8.89. The van der Waals surface area contributed by atoms with Crippen molar-refractivity contribution in [3.63, 3.8) is 0 Å². The smallest absolute Gasteiger partial charge is 0.108 e. The summed E-state index contributed by atoms with van der Waals surface area (Å²) in [6.07, 6.45) is 2.96. The van der Waals surface area contributed by atoms with E-state index in [9.17, 15) is 0 Å². The van der Waals surface area contributed by atoms with E-state index < -0.39 is 0 Å². The Hall–Kier alpha value is -0.790. The van der Waals surface area contributed by atoms with Gasteiger partial charge in [0.1, 0.15) is 5.82 Å². The minimum absolute atomic E-state index is 1.03. The summed E-state index contributed by atoms with van der Waals surface area (Å²) >= 11 is 0. The molecule has 0 unspecified atom stereocenters. The Morgan fingerprint density at radius 1 is 1.33 bits per heavy atom. The zero-order chi connectivity index (χ0) is 9.56. The zero-order valence-corrected chi connectivity index (χ0v) is 8.89. The van der Waals surface area contributed by atoms with Crippen molar-refractivity contribution in [2.24, 2.45) is 0 Å². The summed E-state index contributed by atoms with van der Waals surface area (Å²) in [7, 11) is 0. The van der Waals surface area contributed by atoms with Gasteiger partial charge in [0.25, 0.3) is 0 Å². The van der Waals surface area contributed by atoms with Crippen LogP contribution in [-0.2, 0) is 13.0 Å². The van der Waals surface area contributed by atoms with Crippen LogP contribution < -0.4 is 0 Å². The highest BCUT2D eigenvalue weighted by atomic mass is 15.1. The van der Waals surface area contributed by atoms with Gasteiger partial charge < -0.3 is 4.57 Å². The second kappa shape index (κ2) is 5.81. The molecule has 0 N–H and O–H groups in total. The Kier molecular flexibility index (Phi) is 5.43. The Labute approximate surface area is 75.6 Å². The van der Waals surface area contributed by atoms with Gasteiger partial charge in [0.2, 0.25) is 0 Å². The van der Waals surface area contributed by atoms with Crippen LogP contribution in [0.25, 0.3) is 0 Å². The quantitative estimate of drug-likeness (QED) is 0.664. The second-order valence-electron chi connectivity index (χ2n) is 2.41. The van der Waals surface area contributed by atoms with Crippen molar-refractivity contribution in [2.45, 2.75) is 47.6 Å². The van der Waals surface area contributed by atoms with Gasteiger partial charge in [-0.2, -0.15) is 0 Å². The number of rotatable bonds is 2. The molecule has 0 spiro atoms. The van der Waals surface area contributed by atoms with Gasteiger partial charge in [0, 0.05) is 24.9 Å². The average Bonchev–Trinajstić information content (AvgIpc) is 2.49. The molecule has 0 aromatic carbocycles. The molecule has 70 valence electrons. The predicted molar refractivity (Wildman–Crippen MR) is 53.4 cm³/mol. The van der Waals surface area contributed by atoms with Gasteiger partial charge in [-0.3, -0.25) is 0 Å². The lowest BCUT2D eigenvalue weighted by atomic mass is 10.4. The SMILES string of the molecule is CC.CCc1ncc(C)n1CC.